The lowest BCUT2D eigenvalue weighted by Gasteiger charge is -2.16. The fourth-order valence-electron chi connectivity index (χ4n) is 2.43. The number of carbonyl (C=O) groups is 1. The summed E-state index contributed by atoms with van der Waals surface area (Å²) < 4.78 is 8.08. The van der Waals surface area contributed by atoms with Crippen LogP contribution in [0, 0.1) is 6.92 Å². The number of aromatic carboxylic acids is 1. The fourth-order valence-corrected chi connectivity index (χ4v) is 2.79. The molecule has 1 aromatic carbocycles. The first-order valence-electron chi connectivity index (χ1n) is 6.27. The van der Waals surface area contributed by atoms with Gasteiger partial charge in [0, 0.05) is 16.5 Å². The monoisotopic (exact) mass is 336 g/mol. The normalized spacial score (nSPS) is 14.1. The second-order valence-corrected chi connectivity index (χ2v) is 5.53. The number of halogens is 1. The first-order valence-corrected chi connectivity index (χ1v) is 7.06. The molecule has 2 heterocycles. The summed E-state index contributed by atoms with van der Waals surface area (Å²) in [5.74, 6) is -1.02. The third kappa shape index (κ3) is 2.05. The van der Waals surface area contributed by atoms with E-state index in [2.05, 4.69) is 21.0 Å². The first-order chi connectivity index (χ1) is 9.59. The van der Waals surface area contributed by atoms with E-state index in [0.717, 1.165) is 21.4 Å². The summed E-state index contributed by atoms with van der Waals surface area (Å²) in [5.41, 5.74) is 3.61. The van der Waals surface area contributed by atoms with Crippen LogP contribution in [0.5, 0.6) is 0 Å². The van der Waals surface area contributed by atoms with Crippen LogP contribution in [0.1, 0.15) is 27.3 Å². The average Bonchev–Trinajstić information content (AvgIpc) is 2.82. The smallest absolute Gasteiger partial charge is 0.356 e. The number of hydrogen-bond donors (Lipinski definition) is 1. The molecule has 1 aliphatic rings. The second kappa shape index (κ2) is 5.03. The Bertz CT molecular complexity index is 694. The minimum atomic E-state index is -1.02. The van der Waals surface area contributed by atoms with Crippen LogP contribution in [-0.2, 0) is 17.8 Å². The van der Waals surface area contributed by atoms with Gasteiger partial charge in [-0.25, -0.2) is 9.48 Å². The molecule has 0 bridgehead atoms. The van der Waals surface area contributed by atoms with Crippen molar-refractivity contribution in [2.75, 3.05) is 6.61 Å². The number of nitrogens with zero attached hydrogens (tertiary/aromatic N) is 2. The van der Waals surface area contributed by atoms with Gasteiger partial charge in [0.05, 0.1) is 24.6 Å². The van der Waals surface area contributed by atoms with Crippen LogP contribution in [0.4, 0.5) is 0 Å². The molecule has 0 saturated heterocycles. The second-order valence-electron chi connectivity index (χ2n) is 4.68. The zero-order valence-electron chi connectivity index (χ0n) is 10.9. The van der Waals surface area contributed by atoms with Crippen molar-refractivity contribution >= 4 is 21.9 Å². The highest BCUT2D eigenvalue weighted by Crippen LogP contribution is 2.28. The van der Waals surface area contributed by atoms with E-state index in [0.29, 0.717) is 25.2 Å². The molecule has 0 unspecified atom stereocenters. The van der Waals surface area contributed by atoms with Crippen LogP contribution in [0.15, 0.2) is 22.7 Å². The SMILES string of the molecule is Cc1c(Br)cccc1-n1nc(C(=O)O)c2c1CCOC2. The van der Waals surface area contributed by atoms with Gasteiger partial charge in [0.2, 0.25) is 0 Å². The summed E-state index contributed by atoms with van der Waals surface area (Å²) in [5, 5.41) is 13.6. The molecule has 1 aliphatic heterocycles. The topological polar surface area (TPSA) is 64.4 Å². The molecule has 0 spiro atoms. The molecule has 1 N–H and O–H groups in total. The van der Waals surface area contributed by atoms with E-state index in [-0.39, 0.29) is 5.69 Å². The fraction of sp³-hybridized carbons (Fsp3) is 0.286. The Morgan fingerprint density at radius 2 is 2.30 bits per heavy atom. The molecule has 0 amide bonds. The quantitative estimate of drug-likeness (QED) is 0.915. The van der Waals surface area contributed by atoms with Gasteiger partial charge in [0.25, 0.3) is 0 Å². The third-order valence-corrected chi connectivity index (χ3v) is 4.35. The molecule has 6 heteroatoms. The van der Waals surface area contributed by atoms with E-state index in [1.165, 1.54) is 0 Å². The van der Waals surface area contributed by atoms with Crippen LogP contribution < -0.4 is 0 Å². The number of hydrogen-bond acceptors (Lipinski definition) is 3. The van der Waals surface area contributed by atoms with Crippen LogP contribution in [0.3, 0.4) is 0 Å². The lowest BCUT2D eigenvalue weighted by molar-refractivity contribution is 0.0677. The molecular formula is C14H13BrN2O3. The van der Waals surface area contributed by atoms with Crippen LogP contribution >= 0.6 is 15.9 Å². The van der Waals surface area contributed by atoms with Crippen molar-refractivity contribution < 1.29 is 14.6 Å². The zero-order valence-corrected chi connectivity index (χ0v) is 12.5. The van der Waals surface area contributed by atoms with E-state index < -0.39 is 5.97 Å². The predicted octanol–water partition coefficient (Wildman–Crippen LogP) is 2.71. The summed E-state index contributed by atoms with van der Waals surface area (Å²) in [7, 11) is 0. The van der Waals surface area contributed by atoms with Crippen molar-refractivity contribution in [1.29, 1.82) is 0 Å². The maximum atomic E-state index is 11.3. The van der Waals surface area contributed by atoms with Crippen molar-refractivity contribution in [2.45, 2.75) is 20.0 Å². The highest BCUT2D eigenvalue weighted by Gasteiger charge is 2.26. The molecule has 0 aliphatic carbocycles. The van der Waals surface area contributed by atoms with Gasteiger partial charge in [-0.3, -0.25) is 0 Å². The molecule has 2 aromatic rings. The van der Waals surface area contributed by atoms with Gasteiger partial charge in [-0.15, -0.1) is 0 Å². The van der Waals surface area contributed by atoms with E-state index in [1.54, 1.807) is 4.68 Å². The van der Waals surface area contributed by atoms with Crippen molar-refractivity contribution in [1.82, 2.24) is 9.78 Å². The Hall–Kier alpha value is -1.66. The molecule has 20 heavy (non-hydrogen) atoms. The summed E-state index contributed by atoms with van der Waals surface area (Å²) in [6.07, 6.45) is 0.668. The molecule has 1 aromatic heterocycles. The molecule has 3 rings (SSSR count). The number of carboxylic acids is 1. The van der Waals surface area contributed by atoms with Crippen molar-refractivity contribution in [2.24, 2.45) is 0 Å². The average molecular weight is 337 g/mol. The van der Waals surface area contributed by atoms with Gasteiger partial charge in [0.15, 0.2) is 5.69 Å². The molecule has 0 atom stereocenters. The molecule has 5 nitrogen and oxygen atoms in total. The molecule has 0 radical (unpaired) electrons. The lowest BCUT2D eigenvalue weighted by atomic mass is 10.1. The Balaban J connectivity index is 2.24. The van der Waals surface area contributed by atoms with Gasteiger partial charge in [0.1, 0.15) is 0 Å². The highest BCUT2D eigenvalue weighted by atomic mass is 79.9. The Morgan fingerprint density at radius 1 is 1.50 bits per heavy atom. The molecule has 104 valence electrons. The molecule has 0 saturated carbocycles. The van der Waals surface area contributed by atoms with E-state index >= 15 is 0 Å². The Morgan fingerprint density at radius 3 is 3.05 bits per heavy atom. The van der Waals surface area contributed by atoms with Crippen LogP contribution in [0.2, 0.25) is 0 Å². The Labute approximate surface area is 124 Å². The zero-order chi connectivity index (χ0) is 14.3. The number of ether oxygens (including phenoxy) is 1. The van der Waals surface area contributed by atoms with Gasteiger partial charge in [-0.1, -0.05) is 22.0 Å². The molecule has 0 fully saturated rings. The first kappa shape index (κ1) is 13.3. The van der Waals surface area contributed by atoms with Crippen molar-refractivity contribution in [3.05, 3.63) is 45.2 Å². The largest absolute Gasteiger partial charge is 0.476 e. The number of carboxylic acid groups (broad SMARTS) is 1. The van der Waals surface area contributed by atoms with Crippen LogP contribution in [-0.4, -0.2) is 27.5 Å². The highest BCUT2D eigenvalue weighted by molar-refractivity contribution is 9.10. The third-order valence-electron chi connectivity index (χ3n) is 3.49. The van der Waals surface area contributed by atoms with Crippen molar-refractivity contribution in [3.8, 4) is 5.69 Å². The van der Waals surface area contributed by atoms with Crippen LogP contribution in [0.25, 0.3) is 5.69 Å². The van der Waals surface area contributed by atoms with Gasteiger partial charge in [-0.05, 0) is 24.6 Å². The number of aromatic nitrogens is 2. The van der Waals surface area contributed by atoms with Gasteiger partial charge in [-0.2, -0.15) is 5.10 Å². The van der Waals surface area contributed by atoms with E-state index in [9.17, 15) is 9.90 Å². The minimum absolute atomic E-state index is 0.0825. The summed E-state index contributed by atoms with van der Waals surface area (Å²) in [6, 6.07) is 5.81. The Kier molecular flexibility index (Phi) is 3.35. The van der Waals surface area contributed by atoms with Gasteiger partial charge < -0.3 is 9.84 Å². The maximum Gasteiger partial charge on any atom is 0.356 e. The molecular weight excluding hydrogens is 324 g/mol. The lowest BCUT2D eigenvalue weighted by Crippen LogP contribution is -2.14. The maximum absolute atomic E-state index is 11.3. The summed E-state index contributed by atoms with van der Waals surface area (Å²) >= 11 is 3.49. The predicted molar refractivity (Wildman–Crippen MR) is 76.3 cm³/mol. The van der Waals surface area contributed by atoms with Crippen molar-refractivity contribution in [3.63, 3.8) is 0 Å². The van der Waals surface area contributed by atoms with E-state index in [4.69, 9.17) is 4.74 Å². The number of benzene rings is 1. The summed E-state index contributed by atoms with van der Waals surface area (Å²) in [6.45, 7) is 2.88. The minimum Gasteiger partial charge on any atom is -0.476 e. The number of fused-ring (bicyclic) bond motifs is 1. The van der Waals surface area contributed by atoms with E-state index in [1.807, 2.05) is 25.1 Å². The van der Waals surface area contributed by atoms with Gasteiger partial charge >= 0.3 is 5.97 Å². The number of rotatable bonds is 2. The standard InChI is InChI=1S/C14H13BrN2O3/c1-8-10(15)3-2-4-11(8)17-12-5-6-20-7-9(12)13(16-17)14(18)19/h2-4H,5-7H2,1H3,(H,18,19). The summed E-state index contributed by atoms with van der Waals surface area (Å²) in [4.78, 5) is 11.3.